The van der Waals surface area contributed by atoms with Crippen LogP contribution in [-0.4, -0.2) is 12.9 Å². The predicted molar refractivity (Wildman–Crippen MR) is 30.2 cm³/mol. The average Bonchev–Trinajstić information content (AvgIpc) is 2.42. The van der Waals surface area contributed by atoms with E-state index in [9.17, 15) is 0 Å². The summed E-state index contributed by atoms with van der Waals surface area (Å²) in [5.41, 5.74) is 0. The van der Waals surface area contributed by atoms with Gasteiger partial charge in [0.1, 0.15) is 0 Å². The molecule has 1 fully saturated rings. The Balaban J connectivity index is 2.05. The van der Waals surface area contributed by atoms with E-state index in [-0.39, 0.29) is 6.29 Å². The lowest BCUT2D eigenvalue weighted by Gasteiger charge is -1.87. The molecule has 0 saturated carbocycles. The first kappa shape index (κ1) is 5.38. The molecule has 1 atom stereocenters. The summed E-state index contributed by atoms with van der Waals surface area (Å²) in [6.45, 7) is 7.53. The van der Waals surface area contributed by atoms with Gasteiger partial charge < -0.3 is 9.47 Å². The first-order valence-electron chi connectivity index (χ1n) is 2.42. The minimum absolute atomic E-state index is 0.145. The molecular formula is C6H8O2. The van der Waals surface area contributed by atoms with E-state index in [0.717, 1.165) is 0 Å². The van der Waals surface area contributed by atoms with Crippen LogP contribution in [0.5, 0.6) is 0 Å². The van der Waals surface area contributed by atoms with Gasteiger partial charge in [-0.2, -0.15) is 0 Å². The van der Waals surface area contributed by atoms with Crippen LogP contribution in [0.15, 0.2) is 25.0 Å². The highest BCUT2D eigenvalue weighted by molar-refractivity contribution is 5.02. The second-order valence-electron chi connectivity index (χ2n) is 1.54. The smallest absolute Gasteiger partial charge is 0.258 e. The lowest BCUT2D eigenvalue weighted by molar-refractivity contribution is 0.0697. The van der Waals surface area contributed by atoms with Crippen LogP contribution >= 0.6 is 0 Å². The Labute approximate surface area is 48.4 Å². The number of ether oxygens (including phenoxy) is 2. The van der Waals surface area contributed by atoms with Crippen LogP contribution in [0.4, 0.5) is 0 Å². The van der Waals surface area contributed by atoms with Crippen molar-refractivity contribution in [2.24, 2.45) is 0 Å². The fourth-order valence-electron chi connectivity index (χ4n) is 0.386. The highest BCUT2D eigenvalue weighted by Gasteiger charge is 2.30. The van der Waals surface area contributed by atoms with Gasteiger partial charge in [-0.3, -0.25) is 0 Å². The maximum Gasteiger partial charge on any atom is 0.258 e. The zero-order chi connectivity index (χ0) is 5.98. The fraction of sp³-hybridized carbons (Fsp3) is 0.333. The van der Waals surface area contributed by atoms with Gasteiger partial charge in [-0.1, -0.05) is 12.7 Å². The molecule has 1 rings (SSSR count). The molecule has 0 radical (unpaired) electrons. The molecule has 0 aromatic heterocycles. The van der Waals surface area contributed by atoms with Crippen LogP contribution in [0.1, 0.15) is 0 Å². The molecule has 1 aliphatic heterocycles. The maximum absolute atomic E-state index is 4.97. The Hall–Kier alpha value is -0.760. The third-order valence-corrected chi connectivity index (χ3v) is 0.830. The molecule has 1 unspecified atom stereocenters. The molecule has 2 heteroatoms. The quantitative estimate of drug-likeness (QED) is 0.402. The Morgan fingerprint density at radius 1 is 1.88 bits per heavy atom. The summed E-state index contributed by atoms with van der Waals surface area (Å²) >= 11 is 0. The standard InChI is InChI=1S/C6H8O2/c1-3-4-7-6-5(2)8-6/h3,6H,1-2,4H2. The van der Waals surface area contributed by atoms with Gasteiger partial charge in [0.05, 0.1) is 6.61 Å². The Kier molecular flexibility index (Phi) is 1.35. The largest absolute Gasteiger partial charge is 0.456 e. The predicted octanol–water partition coefficient (Wildman–Crippen LogP) is 1.06. The summed E-state index contributed by atoms with van der Waals surface area (Å²) in [5.74, 6) is 0.715. The topological polar surface area (TPSA) is 21.8 Å². The van der Waals surface area contributed by atoms with Crippen LogP contribution < -0.4 is 0 Å². The molecule has 0 aliphatic carbocycles. The van der Waals surface area contributed by atoms with E-state index >= 15 is 0 Å². The van der Waals surface area contributed by atoms with E-state index in [4.69, 9.17) is 9.47 Å². The van der Waals surface area contributed by atoms with Crippen LogP contribution in [-0.2, 0) is 9.47 Å². The molecule has 2 nitrogen and oxygen atoms in total. The molecule has 0 bridgehead atoms. The molecule has 44 valence electrons. The van der Waals surface area contributed by atoms with Gasteiger partial charge >= 0.3 is 0 Å². The molecule has 1 aliphatic rings. The number of hydrogen-bond acceptors (Lipinski definition) is 2. The van der Waals surface area contributed by atoms with Crippen molar-refractivity contribution in [3.63, 3.8) is 0 Å². The van der Waals surface area contributed by atoms with E-state index in [0.29, 0.717) is 12.4 Å². The van der Waals surface area contributed by atoms with Gasteiger partial charge in [0.25, 0.3) is 6.29 Å². The highest BCUT2D eigenvalue weighted by Crippen LogP contribution is 2.24. The van der Waals surface area contributed by atoms with E-state index in [1.54, 1.807) is 6.08 Å². The number of epoxide rings is 1. The van der Waals surface area contributed by atoms with E-state index in [1.165, 1.54) is 0 Å². The van der Waals surface area contributed by atoms with Crippen molar-refractivity contribution in [3.05, 3.63) is 25.0 Å². The number of hydrogen-bond donors (Lipinski definition) is 0. The molecule has 0 amide bonds. The van der Waals surface area contributed by atoms with Crippen molar-refractivity contribution >= 4 is 0 Å². The third-order valence-electron chi connectivity index (χ3n) is 0.830. The zero-order valence-corrected chi connectivity index (χ0v) is 4.59. The monoisotopic (exact) mass is 112 g/mol. The van der Waals surface area contributed by atoms with Crippen molar-refractivity contribution in [3.8, 4) is 0 Å². The van der Waals surface area contributed by atoms with E-state index in [1.807, 2.05) is 0 Å². The van der Waals surface area contributed by atoms with E-state index < -0.39 is 0 Å². The van der Waals surface area contributed by atoms with Crippen LogP contribution in [0.25, 0.3) is 0 Å². The van der Waals surface area contributed by atoms with Gasteiger partial charge in [-0.25, -0.2) is 0 Å². The molecule has 0 aromatic carbocycles. The van der Waals surface area contributed by atoms with Crippen molar-refractivity contribution < 1.29 is 9.47 Å². The molecule has 1 saturated heterocycles. The molecule has 1 heterocycles. The van der Waals surface area contributed by atoms with Gasteiger partial charge in [0.15, 0.2) is 5.76 Å². The lowest BCUT2D eigenvalue weighted by Crippen LogP contribution is -1.92. The van der Waals surface area contributed by atoms with Crippen LogP contribution in [0.2, 0.25) is 0 Å². The van der Waals surface area contributed by atoms with Gasteiger partial charge in [-0.05, 0) is 0 Å². The summed E-state index contributed by atoms with van der Waals surface area (Å²) in [6.07, 6.45) is 1.53. The first-order chi connectivity index (χ1) is 3.84. The van der Waals surface area contributed by atoms with Crippen molar-refractivity contribution in [1.82, 2.24) is 0 Å². The molecule has 0 N–H and O–H groups in total. The Bertz CT molecular complexity index is 118. The van der Waals surface area contributed by atoms with Crippen molar-refractivity contribution in [2.45, 2.75) is 6.29 Å². The van der Waals surface area contributed by atoms with Crippen LogP contribution in [0, 0.1) is 0 Å². The summed E-state index contributed by atoms with van der Waals surface area (Å²) in [7, 11) is 0. The van der Waals surface area contributed by atoms with Crippen LogP contribution in [0.3, 0.4) is 0 Å². The average molecular weight is 112 g/mol. The van der Waals surface area contributed by atoms with Gasteiger partial charge in [0.2, 0.25) is 0 Å². The normalized spacial score (nSPS) is 24.5. The first-order valence-corrected chi connectivity index (χ1v) is 2.42. The van der Waals surface area contributed by atoms with Gasteiger partial charge in [-0.15, -0.1) is 6.58 Å². The minimum Gasteiger partial charge on any atom is -0.456 e. The Morgan fingerprint density at radius 2 is 2.50 bits per heavy atom. The third kappa shape index (κ3) is 1.10. The molecule has 0 aromatic rings. The maximum atomic E-state index is 4.97. The van der Waals surface area contributed by atoms with Gasteiger partial charge in [0, 0.05) is 0 Å². The summed E-state index contributed by atoms with van der Waals surface area (Å²) < 4.78 is 9.73. The molecular weight excluding hydrogens is 104 g/mol. The lowest BCUT2D eigenvalue weighted by atomic mass is 10.6. The van der Waals surface area contributed by atoms with Crippen molar-refractivity contribution in [2.75, 3.05) is 6.61 Å². The minimum atomic E-state index is -0.145. The summed E-state index contributed by atoms with van der Waals surface area (Å²) in [5, 5.41) is 0. The highest BCUT2D eigenvalue weighted by atomic mass is 16.8. The molecule has 0 spiro atoms. The fourth-order valence-corrected chi connectivity index (χ4v) is 0.386. The Morgan fingerprint density at radius 3 is 2.88 bits per heavy atom. The number of rotatable bonds is 3. The second-order valence-corrected chi connectivity index (χ2v) is 1.54. The van der Waals surface area contributed by atoms with E-state index in [2.05, 4.69) is 13.2 Å². The second kappa shape index (κ2) is 2.01. The summed E-state index contributed by atoms with van der Waals surface area (Å²) in [6, 6.07) is 0. The SMILES string of the molecule is C=CCOC1OC1=C. The summed E-state index contributed by atoms with van der Waals surface area (Å²) in [4.78, 5) is 0. The van der Waals surface area contributed by atoms with Crippen molar-refractivity contribution in [1.29, 1.82) is 0 Å². The zero-order valence-electron chi connectivity index (χ0n) is 4.59. The molecule has 8 heavy (non-hydrogen) atoms.